The summed E-state index contributed by atoms with van der Waals surface area (Å²) >= 11 is 2.57. The lowest BCUT2D eigenvalue weighted by molar-refractivity contribution is -0.141. The molecule has 0 spiro atoms. The Bertz CT molecular complexity index is 560. The zero-order valence-corrected chi connectivity index (χ0v) is 12.0. The first kappa shape index (κ1) is 14.4. The molecular formula is C11H12F3N3S2. The van der Waals surface area contributed by atoms with E-state index in [1.807, 2.05) is 12.3 Å². The number of hydrogen-bond donors (Lipinski definition) is 1. The standard InChI is InChI=1S/C11H12F3N3S2/c1-6-16-7(5-18-6)3-9-17-10(11(12,13)14)8(19-9)4-15-2/h5,15H,3-4H2,1-2H3. The summed E-state index contributed by atoms with van der Waals surface area (Å²) in [5, 5.41) is 5.93. The molecule has 2 heterocycles. The smallest absolute Gasteiger partial charge is 0.315 e. The third-order valence-electron chi connectivity index (χ3n) is 2.35. The van der Waals surface area contributed by atoms with Crippen molar-refractivity contribution in [2.75, 3.05) is 7.05 Å². The highest BCUT2D eigenvalue weighted by Gasteiger charge is 2.37. The van der Waals surface area contributed by atoms with E-state index in [9.17, 15) is 13.2 Å². The van der Waals surface area contributed by atoms with Gasteiger partial charge >= 0.3 is 6.18 Å². The molecule has 1 N–H and O–H groups in total. The molecule has 19 heavy (non-hydrogen) atoms. The number of thiazole rings is 2. The van der Waals surface area contributed by atoms with Gasteiger partial charge in [-0.05, 0) is 14.0 Å². The second-order valence-electron chi connectivity index (χ2n) is 3.94. The predicted octanol–water partition coefficient (Wildman–Crippen LogP) is 3.24. The molecule has 0 fully saturated rings. The lowest BCUT2D eigenvalue weighted by Gasteiger charge is -2.04. The molecule has 2 rings (SSSR count). The number of nitrogens with zero attached hydrogens (tertiary/aromatic N) is 2. The van der Waals surface area contributed by atoms with E-state index in [1.165, 1.54) is 11.3 Å². The number of nitrogens with one attached hydrogen (secondary N) is 1. The summed E-state index contributed by atoms with van der Waals surface area (Å²) in [5.41, 5.74) is -0.0187. The van der Waals surface area contributed by atoms with Crippen LogP contribution < -0.4 is 5.32 Å². The Morgan fingerprint density at radius 3 is 2.58 bits per heavy atom. The molecule has 104 valence electrons. The van der Waals surface area contributed by atoms with Gasteiger partial charge in [0.05, 0.1) is 20.6 Å². The lowest BCUT2D eigenvalue weighted by atomic mass is 10.3. The lowest BCUT2D eigenvalue weighted by Crippen LogP contribution is -2.12. The first-order chi connectivity index (χ1) is 8.90. The van der Waals surface area contributed by atoms with Crippen molar-refractivity contribution in [1.82, 2.24) is 15.3 Å². The van der Waals surface area contributed by atoms with Crippen molar-refractivity contribution >= 4 is 22.7 Å². The highest BCUT2D eigenvalue weighted by molar-refractivity contribution is 7.11. The van der Waals surface area contributed by atoms with Gasteiger partial charge in [-0.3, -0.25) is 0 Å². The van der Waals surface area contributed by atoms with Gasteiger partial charge in [0, 0.05) is 18.3 Å². The molecular weight excluding hydrogens is 295 g/mol. The minimum absolute atomic E-state index is 0.169. The third kappa shape index (κ3) is 3.52. The van der Waals surface area contributed by atoms with Crippen molar-refractivity contribution in [3.63, 3.8) is 0 Å². The highest BCUT2D eigenvalue weighted by atomic mass is 32.1. The molecule has 0 saturated carbocycles. The molecule has 0 aliphatic carbocycles. The second kappa shape index (κ2) is 5.56. The fourth-order valence-corrected chi connectivity index (χ4v) is 3.35. The Morgan fingerprint density at radius 2 is 2.05 bits per heavy atom. The molecule has 2 aromatic rings. The fraction of sp³-hybridized carbons (Fsp3) is 0.455. The summed E-state index contributed by atoms with van der Waals surface area (Å²) in [6.07, 6.45) is -4.05. The molecule has 0 amide bonds. The van der Waals surface area contributed by atoms with Gasteiger partial charge in [0.2, 0.25) is 0 Å². The molecule has 0 radical (unpaired) electrons. The maximum absolute atomic E-state index is 12.8. The predicted molar refractivity (Wildman–Crippen MR) is 69.5 cm³/mol. The molecule has 0 saturated heterocycles. The van der Waals surface area contributed by atoms with E-state index < -0.39 is 11.9 Å². The highest BCUT2D eigenvalue weighted by Crippen LogP contribution is 2.34. The summed E-state index contributed by atoms with van der Waals surface area (Å²) in [6, 6.07) is 0. The number of rotatable bonds is 4. The summed E-state index contributed by atoms with van der Waals surface area (Å²) in [6.45, 7) is 2.03. The maximum Gasteiger partial charge on any atom is 0.434 e. The van der Waals surface area contributed by atoms with Gasteiger partial charge in [0.25, 0.3) is 0 Å². The second-order valence-corrected chi connectivity index (χ2v) is 6.17. The SMILES string of the molecule is CNCc1sc(Cc2csc(C)n2)nc1C(F)(F)F. The molecule has 0 bridgehead atoms. The average Bonchev–Trinajstić information content (AvgIpc) is 2.86. The summed E-state index contributed by atoms with van der Waals surface area (Å²) < 4.78 is 38.5. The number of hydrogen-bond acceptors (Lipinski definition) is 5. The average molecular weight is 307 g/mol. The van der Waals surface area contributed by atoms with Gasteiger partial charge < -0.3 is 5.32 Å². The zero-order valence-electron chi connectivity index (χ0n) is 10.3. The van der Waals surface area contributed by atoms with E-state index in [4.69, 9.17) is 0 Å². The van der Waals surface area contributed by atoms with Crippen molar-refractivity contribution in [3.8, 4) is 0 Å². The quantitative estimate of drug-likeness (QED) is 0.942. The summed E-state index contributed by atoms with van der Waals surface area (Å²) in [4.78, 5) is 8.18. The van der Waals surface area contributed by atoms with E-state index in [2.05, 4.69) is 15.3 Å². The van der Waals surface area contributed by atoms with E-state index in [-0.39, 0.29) is 11.4 Å². The molecule has 8 heteroatoms. The van der Waals surface area contributed by atoms with Gasteiger partial charge in [0.15, 0.2) is 5.69 Å². The minimum atomic E-state index is -4.40. The van der Waals surface area contributed by atoms with Crippen LogP contribution in [0.15, 0.2) is 5.38 Å². The van der Waals surface area contributed by atoms with Crippen LogP contribution in [0, 0.1) is 6.92 Å². The Balaban J connectivity index is 2.27. The van der Waals surface area contributed by atoms with Gasteiger partial charge in [-0.25, -0.2) is 9.97 Å². The molecule has 0 aliphatic rings. The van der Waals surface area contributed by atoms with Crippen molar-refractivity contribution in [2.24, 2.45) is 0 Å². The Hall–Kier alpha value is -0.990. The number of aromatic nitrogens is 2. The number of alkyl halides is 3. The van der Waals surface area contributed by atoms with Crippen molar-refractivity contribution in [3.05, 3.63) is 31.7 Å². The molecule has 2 aromatic heterocycles. The first-order valence-corrected chi connectivity index (χ1v) is 7.21. The molecule has 3 nitrogen and oxygen atoms in total. The van der Waals surface area contributed by atoms with E-state index >= 15 is 0 Å². The van der Waals surface area contributed by atoms with Crippen LogP contribution in [0.4, 0.5) is 13.2 Å². The first-order valence-electron chi connectivity index (χ1n) is 5.51. The van der Waals surface area contributed by atoms with Gasteiger partial charge in [-0.15, -0.1) is 22.7 Å². The molecule has 0 aromatic carbocycles. The Labute approximate surface area is 116 Å². The van der Waals surface area contributed by atoms with Crippen LogP contribution in [-0.4, -0.2) is 17.0 Å². The van der Waals surface area contributed by atoms with Crippen LogP contribution >= 0.6 is 22.7 Å². The van der Waals surface area contributed by atoms with Gasteiger partial charge in [0.1, 0.15) is 0 Å². The van der Waals surface area contributed by atoms with Crippen LogP contribution in [0.1, 0.15) is 26.3 Å². The zero-order chi connectivity index (χ0) is 14.0. The van der Waals surface area contributed by atoms with Crippen molar-refractivity contribution in [2.45, 2.75) is 26.1 Å². The third-order valence-corrected chi connectivity index (χ3v) is 4.22. The minimum Gasteiger partial charge on any atom is -0.315 e. The van der Waals surface area contributed by atoms with E-state index in [0.717, 1.165) is 22.0 Å². The molecule has 0 aliphatic heterocycles. The van der Waals surface area contributed by atoms with Crippen LogP contribution in [0.2, 0.25) is 0 Å². The normalized spacial score (nSPS) is 12.1. The van der Waals surface area contributed by atoms with Crippen molar-refractivity contribution < 1.29 is 13.2 Å². The van der Waals surface area contributed by atoms with Gasteiger partial charge in [-0.1, -0.05) is 0 Å². The molecule has 0 unspecified atom stereocenters. The maximum atomic E-state index is 12.8. The van der Waals surface area contributed by atoms with Crippen LogP contribution in [-0.2, 0) is 19.1 Å². The van der Waals surface area contributed by atoms with E-state index in [1.54, 1.807) is 7.05 Å². The topological polar surface area (TPSA) is 37.8 Å². The van der Waals surface area contributed by atoms with Crippen LogP contribution in [0.5, 0.6) is 0 Å². The summed E-state index contributed by atoms with van der Waals surface area (Å²) in [7, 11) is 1.61. The number of halogens is 3. The number of aryl methyl sites for hydroxylation is 1. The van der Waals surface area contributed by atoms with Crippen LogP contribution in [0.25, 0.3) is 0 Å². The molecule has 0 atom stereocenters. The largest absolute Gasteiger partial charge is 0.434 e. The van der Waals surface area contributed by atoms with E-state index in [0.29, 0.717) is 11.4 Å². The van der Waals surface area contributed by atoms with Crippen LogP contribution in [0.3, 0.4) is 0 Å². The van der Waals surface area contributed by atoms with Crippen molar-refractivity contribution in [1.29, 1.82) is 0 Å². The van der Waals surface area contributed by atoms with Gasteiger partial charge in [-0.2, -0.15) is 13.2 Å². The Morgan fingerprint density at radius 1 is 1.32 bits per heavy atom. The monoisotopic (exact) mass is 307 g/mol. The fourth-order valence-electron chi connectivity index (χ4n) is 1.62. The summed E-state index contributed by atoms with van der Waals surface area (Å²) in [5.74, 6) is 0. The Kier molecular flexibility index (Phi) is 4.22.